The number of nitrogens with one attached hydrogen (secondary N) is 1. The van der Waals surface area contributed by atoms with Crippen LogP contribution in [-0.4, -0.2) is 31.2 Å². The molecule has 0 atom stereocenters. The summed E-state index contributed by atoms with van der Waals surface area (Å²) in [6.07, 6.45) is 1.85. The van der Waals surface area contributed by atoms with E-state index in [-0.39, 0.29) is 12.4 Å². The fourth-order valence-corrected chi connectivity index (χ4v) is 2.84. The number of rotatable bonds is 1. The lowest BCUT2D eigenvalue weighted by atomic mass is 10.1. The number of fused-ring (bicyclic) bond motifs is 1. The summed E-state index contributed by atoms with van der Waals surface area (Å²) in [5.74, 6) is 0. The Labute approximate surface area is 124 Å². The largest absolute Gasteiger partial charge is 0.368 e. The van der Waals surface area contributed by atoms with Gasteiger partial charge in [-0.25, -0.2) is 0 Å². The second-order valence-electron chi connectivity index (χ2n) is 4.71. The van der Waals surface area contributed by atoms with E-state index in [1.54, 1.807) is 0 Å². The summed E-state index contributed by atoms with van der Waals surface area (Å²) in [7, 11) is 0. The smallest absolute Gasteiger partial charge is 0.0909 e. The van der Waals surface area contributed by atoms with Gasteiger partial charge in [0.2, 0.25) is 0 Å². The molecule has 3 rings (SSSR count). The number of pyridine rings is 1. The summed E-state index contributed by atoms with van der Waals surface area (Å²) in [4.78, 5) is 6.80. The minimum Gasteiger partial charge on any atom is -0.368 e. The van der Waals surface area contributed by atoms with Crippen LogP contribution >= 0.6 is 24.0 Å². The van der Waals surface area contributed by atoms with E-state index in [4.69, 9.17) is 11.6 Å². The Kier molecular flexibility index (Phi) is 4.50. The Morgan fingerprint density at radius 3 is 2.74 bits per heavy atom. The van der Waals surface area contributed by atoms with Crippen molar-refractivity contribution >= 4 is 40.6 Å². The third-order valence-corrected chi connectivity index (χ3v) is 3.67. The molecule has 0 bridgehead atoms. The fourth-order valence-electron chi connectivity index (χ4n) is 2.51. The van der Waals surface area contributed by atoms with Crippen LogP contribution in [0.2, 0.25) is 5.02 Å². The molecule has 1 fully saturated rings. The second-order valence-corrected chi connectivity index (χ2v) is 5.12. The third kappa shape index (κ3) is 2.78. The molecular formula is C14H17Cl2N3. The Balaban J connectivity index is 0.00000133. The van der Waals surface area contributed by atoms with Crippen molar-refractivity contribution in [3.05, 3.63) is 35.0 Å². The zero-order valence-corrected chi connectivity index (χ0v) is 12.4. The number of benzene rings is 1. The predicted molar refractivity (Wildman–Crippen MR) is 83.8 cm³/mol. The molecule has 102 valence electrons. The van der Waals surface area contributed by atoms with Gasteiger partial charge in [0, 0.05) is 43.4 Å². The lowest BCUT2D eigenvalue weighted by Gasteiger charge is -2.30. The van der Waals surface area contributed by atoms with Gasteiger partial charge in [-0.15, -0.1) is 12.4 Å². The topological polar surface area (TPSA) is 28.2 Å². The first kappa shape index (κ1) is 14.4. The van der Waals surface area contributed by atoms with Gasteiger partial charge < -0.3 is 10.2 Å². The van der Waals surface area contributed by atoms with Crippen molar-refractivity contribution in [3.8, 4) is 0 Å². The first-order valence-electron chi connectivity index (χ1n) is 6.26. The van der Waals surface area contributed by atoms with Gasteiger partial charge in [0.1, 0.15) is 0 Å². The predicted octanol–water partition coefficient (Wildman–Crippen LogP) is 3.03. The van der Waals surface area contributed by atoms with Crippen LogP contribution in [0.15, 0.2) is 24.4 Å². The highest BCUT2D eigenvalue weighted by Crippen LogP contribution is 2.31. The molecule has 1 aliphatic rings. The molecule has 0 spiro atoms. The number of aryl methyl sites for hydroxylation is 1. The molecular weight excluding hydrogens is 281 g/mol. The number of anilines is 1. The summed E-state index contributed by atoms with van der Waals surface area (Å²) >= 11 is 6.28. The van der Waals surface area contributed by atoms with Gasteiger partial charge in [-0.05, 0) is 30.7 Å². The molecule has 0 unspecified atom stereocenters. The van der Waals surface area contributed by atoms with Crippen LogP contribution in [0.4, 0.5) is 5.69 Å². The number of hydrogen-bond donors (Lipinski definition) is 1. The number of aromatic nitrogens is 1. The van der Waals surface area contributed by atoms with Gasteiger partial charge in [-0.2, -0.15) is 0 Å². The van der Waals surface area contributed by atoms with Gasteiger partial charge in [-0.3, -0.25) is 4.98 Å². The van der Waals surface area contributed by atoms with Crippen LogP contribution in [0.1, 0.15) is 5.56 Å². The molecule has 5 heteroatoms. The zero-order chi connectivity index (χ0) is 12.5. The van der Waals surface area contributed by atoms with Crippen LogP contribution in [0.5, 0.6) is 0 Å². The van der Waals surface area contributed by atoms with Gasteiger partial charge in [0.05, 0.1) is 10.5 Å². The Morgan fingerprint density at radius 2 is 2.00 bits per heavy atom. The van der Waals surface area contributed by atoms with Crippen molar-refractivity contribution in [2.75, 3.05) is 31.1 Å². The standard InChI is InChI=1S/C14H16ClN3.ClH/c1-10-8-11-13(18-6-4-16-5-7-18)2-3-17-14(11)12(15)9-10;/h2-3,8-9,16H,4-7H2,1H3;1H. The van der Waals surface area contributed by atoms with Crippen LogP contribution in [0, 0.1) is 6.92 Å². The highest BCUT2D eigenvalue weighted by molar-refractivity contribution is 6.35. The summed E-state index contributed by atoms with van der Waals surface area (Å²) in [6, 6.07) is 6.23. The van der Waals surface area contributed by atoms with E-state index in [2.05, 4.69) is 34.3 Å². The van der Waals surface area contributed by atoms with E-state index in [1.807, 2.05) is 12.3 Å². The van der Waals surface area contributed by atoms with Crippen LogP contribution < -0.4 is 10.2 Å². The molecule has 0 radical (unpaired) electrons. The molecule has 0 amide bonds. The SMILES string of the molecule is Cc1cc(Cl)c2nccc(N3CCNCC3)c2c1.Cl. The van der Waals surface area contributed by atoms with Gasteiger partial charge in [-0.1, -0.05) is 11.6 Å². The maximum atomic E-state index is 6.28. The summed E-state index contributed by atoms with van der Waals surface area (Å²) < 4.78 is 0. The second kappa shape index (κ2) is 5.95. The highest BCUT2D eigenvalue weighted by atomic mass is 35.5. The molecule has 1 N–H and O–H groups in total. The van der Waals surface area contributed by atoms with E-state index < -0.39 is 0 Å². The quantitative estimate of drug-likeness (QED) is 0.877. The maximum absolute atomic E-state index is 6.28. The number of hydrogen-bond acceptors (Lipinski definition) is 3. The van der Waals surface area contributed by atoms with Crippen molar-refractivity contribution in [1.29, 1.82) is 0 Å². The minimum atomic E-state index is 0. The molecule has 19 heavy (non-hydrogen) atoms. The molecule has 2 aromatic rings. The van der Waals surface area contributed by atoms with Crippen molar-refractivity contribution in [2.24, 2.45) is 0 Å². The van der Waals surface area contributed by atoms with E-state index in [9.17, 15) is 0 Å². The molecule has 0 saturated carbocycles. The third-order valence-electron chi connectivity index (χ3n) is 3.38. The number of halogens is 2. The zero-order valence-electron chi connectivity index (χ0n) is 10.8. The average Bonchev–Trinajstić information content (AvgIpc) is 2.39. The van der Waals surface area contributed by atoms with Crippen molar-refractivity contribution in [2.45, 2.75) is 6.92 Å². The van der Waals surface area contributed by atoms with Crippen molar-refractivity contribution in [1.82, 2.24) is 10.3 Å². The minimum absolute atomic E-state index is 0. The normalized spacial score (nSPS) is 15.4. The maximum Gasteiger partial charge on any atom is 0.0909 e. The van der Waals surface area contributed by atoms with Gasteiger partial charge in [0.25, 0.3) is 0 Å². The van der Waals surface area contributed by atoms with Crippen LogP contribution in [-0.2, 0) is 0 Å². The number of piperazine rings is 1. The van der Waals surface area contributed by atoms with Crippen LogP contribution in [0.3, 0.4) is 0 Å². The van der Waals surface area contributed by atoms with E-state index in [1.165, 1.54) is 11.3 Å². The average molecular weight is 298 g/mol. The first-order valence-corrected chi connectivity index (χ1v) is 6.64. The fraction of sp³-hybridized carbons (Fsp3) is 0.357. The highest BCUT2D eigenvalue weighted by Gasteiger charge is 2.14. The summed E-state index contributed by atoms with van der Waals surface area (Å²) in [5, 5.41) is 5.27. The molecule has 0 aliphatic carbocycles. The Bertz CT molecular complexity index is 580. The molecule has 1 aromatic carbocycles. The first-order chi connectivity index (χ1) is 8.75. The monoisotopic (exact) mass is 297 g/mol. The van der Waals surface area contributed by atoms with Crippen LogP contribution in [0.25, 0.3) is 10.9 Å². The Morgan fingerprint density at radius 1 is 1.26 bits per heavy atom. The van der Waals surface area contributed by atoms with E-state index >= 15 is 0 Å². The van der Waals surface area contributed by atoms with Gasteiger partial charge >= 0.3 is 0 Å². The molecule has 1 aromatic heterocycles. The molecule has 1 saturated heterocycles. The molecule has 3 nitrogen and oxygen atoms in total. The summed E-state index contributed by atoms with van der Waals surface area (Å²) in [5.41, 5.74) is 3.32. The lowest BCUT2D eigenvalue weighted by molar-refractivity contribution is 0.590. The summed E-state index contributed by atoms with van der Waals surface area (Å²) in [6.45, 7) is 6.20. The number of nitrogens with zero attached hydrogens (tertiary/aromatic N) is 2. The van der Waals surface area contributed by atoms with E-state index in [0.717, 1.165) is 42.1 Å². The molecule has 2 heterocycles. The Hall–Kier alpha value is -1.03. The van der Waals surface area contributed by atoms with Crippen molar-refractivity contribution < 1.29 is 0 Å². The van der Waals surface area contributed by atoms with E-state index in [0.29, 0.717) is 0 Å². The van der Waals surface area contributed by atoms with Crippen molar-refractivity contribution in [3.63, 3.8) is 0 Å². The van der Waals surface area contributed by atoms with Gasteiger partial charge in [0.15, 0.2) is 0 Å². The molecule has 1 aliphatic heterocycles. The lowest BCUT2D eigenvalue weighted by Crippen LogP contribution is -2.43.